The number of ketones is 1. The Balaban J connectivity index is 1.27. The number of aromatic nitrogens is 2. The van der Waals surface area contributed by atoms with Gasteiger partial charge in [0.05, 0.1) is 66.1 Å². The molecule has 6 aromatic carbocycles. The van der Waals surface area contributed by atoms with Gasteiger partial charge in [-0.2, -0.15) is 71.1 Å². The molecular weight excluding hydrogens is 1380 g/mol. The highest BCUT2D eigenvalue weighted by Crippen LogP contribution is 2.45. The summed E-state index contributed by atoms with van der Waals surface area (Å²) in [5, 5.41) is 27.4. The number of nitriles is 1. The standard InChI is InChI=1S/C55H34F15N7O13S4/c56-51(57,58)28-76(92(85,86)33-14-9-30(10-15-33)48(82)55(68,69)70)44-24-73-50(40-8-4-1-5-37(40)44)75(27-47(80)81)93(87,88)35-16-11-31(23-71)41(21-35)42-22-36(19-20-43(42)54(65,66)67)94(89,90)77(29-52(59,60)61)45-25-72-49(39-7-3-2-6-38(39)45)74(26-46(78)79)91(83,84)34-17-12-32(13-18-34)53(62,63)64/h1-22,24-25H,26-29H2,(H,78,79)(H,80,81). The van der Waals surface area contributed by atoms with Crippen molar-refractivity contribution in [3.05, 3.63) is 168 Å². The monoisotopic (exact) mass is 1410 g/mol. The van der Waals surface area contributed by atoms with Crippen molar-refractivity contribution in [2.45, 2.75) is 50.5 Å². The lowest BCUT2D eigenvalue weighted by molar-refractivity contribution is -0.138. The highest BCUT2D eigenvalue weighted by Gasteiger charge is 2.44. The molecule has 0 atom stereocenters. The molecule has 0 saturated heterocycles. The zero-order valence-corrected chi connectivity index (χ0v) is 49.3. The normalized spacial score (nSPS) is 12.9. The van der Waals surface area contributed by atoms with Gasteiger partial charge >= 0.3 is 42.8 Å². The predicted molar refractivity (Wildman–Crippen MR) is 299 cm³/mol. The minimum Gasteiger partial charge on any atom is -0.480 e. The first-order valence-corrected chi connectivity index (χ1v) is 31.1. The second-order valence-corrected chi connectivity index (χ2v) is 26.9. The van der Waals surface area contributed by atoms with Gasteiger partial charge in [0.25, 0.3) is 45.9 Å². The van der Waals surface area contributed by atoms with Crippen molar-refractivity contribution in [3.8, 4) is 17.2 Å². The van der Waals surface area contributed by atoms with Crippen LogP contribution in [0.15, 0.2) is 165 Å². The van der Waals surface area contributed by atoms with E-state index in [2.05, 4.69) is 9.97 Å². The van der Waals surface area contributed by atoms with Crippen LogP contribution in [0.25, 0.3) is 32.7 Å². The van der Waals surface area contributed by atoms with Crippen molar-refractivity contribution in [3.63, 3.8) is 0 Å². The summed E-state index contributed by atoms with van der Waals surface area (Å²) >= 11 is 0. The van der Waals surface area contributed by atoms with Crippen molar-refractivity contribution < 1.29 is 124 Å². The van der Waals surface area contributed by atoms with Crippen LogP contribution in [0.5, 0.6) is 0 Å². The molecule has 8 aromatic rings. The van der Waals surface area contributed by atoms with Crippen LogP contribution in [0, 0.1) is 11.3 Å². The molecule has 39 heteroatoms. The smallest absolute Gasteiger partial charge is 0.454 e. The lowest BCUT2D eigenvalue weighted by atomic mass is 9.95. The van der Waals surface area contributed by atoms with Crippen LogP contribution in [-0.4, -0.2) is 116 Å². The number of anilines is 4. The number of carboxylic acids is 2. The number of aliphatic carboxylic acids is 2. The Morgan fingerprint density at radius 2 is 0.809 bits per heavy atom. The molecule has 0 aliphatic heterocycles. The second-order valence-electron chi connectivity index (χ2n) is 19.5. The number of pyridine rings is 2. The van der Waals surface area contributed by atoms with E-state index in [9.17, 15) is 116 Å². The van der Waals surface area contributed by atoms with E-state index in [-0.39, 0.29) is 43.4 Å². The number of carbonyl (C=O) groups is 3. The van der Waals surface area contributed by atoms with Crippen molar-refractivity contribution in [1.29, 1.82) is 5.26 Å². The number of Topliss-reactive ketones (excluding diaryl/α,β-unsaturated/α-hetero) is 1. The van der Waals surface area contributed by atoms with Crippen molar-refractivity contribution in [2.75, 3.05) is 43.4 Å². The van der Waals surface area contributed by atoms with Crippen LogP contribution in [0.1, 0.15) is 27.0 Å². The van der Waals surface area contributed by atoms with Gasteiger partial charge in [0.15, 0.2) is 11.6 Å². The Bertz CT molecular complexity index is 4880. The molecule has 0 fully saturated rings. The summed E-state index contributed by atoms with van der Waals surface area (Å²) in [5.41, 5.74) is -10.3. The summed E-state index contributed by atoms with van der Waals surface area (Å²) in [4.78, 5) is 39.2. The Hall–Kier alpha value is -9.81. The number of sulfonamides is 4. The van der Waals surface area contributed by atoms with Gasteiger partial charge in [-0.15, -0.1) is 0 Å². The highest BCUT2D eigenvalue weighted by molar-refractivity contribution is 7.93. The molecule has 496 valence electrons. The Kier molecular flexibility index (Phi) is 18.6. The number of hydrogen-bond acceptors (Lipinski definition) is 14. The molecule has 0 unspecified atom stereocenters. The SMILES string of the molecule is N#Cc1ccc(S(=O)(=O)N(CC(=O)O)c2ncc(N(CC(F)(F)F)S(=O)(=O)c3ccc(C(=O)C(F)(F)F)cc3)c3ccccc23)cc1-c1cc(S(=O)(=O)N(CC(F)(F)F)c2cnc(N(CC(=O)O)S(=O)(=O)c3ccc(C(F)(F)F)cc3)c3ccccc23)ccc1C(F)(F)F. The number of alkyl halides is 15. The van der Waals surface area contributed by atoms with Gasteiger partial charge < -0.3 is 10.2 Å². The van der Waals surface area contributed by atoms with Gasteiger partial charge in [-0.3, -0.25) is 23.0 Å². The van der Waals surface area contributed by atoms with Gasteiger partial charge in [-0.1, -0.05) is 48.5 Å². The number of fused-ring (bicyclic) bond motifs is 2. The summed E-state index contributed by atoms with van der Waals surface area (Å²) in [6.45, 7) is -8.38. The second kappa shape index (κ2) is 24.9. The van der Waals surface area contributed by atoms with E-state index in [0.29, 0.717) is 66.9 Å². The number of halogens is 15. The lowest BCUT2D eigenvalue weighted by Gasteiger charge is -2.29. The fraction of sp³-hybridized carbons (Fsp3) is 0.164. The first-order chi connectivity index (χ1) is 43.3. The van der Waals surface area contributed by atoms with Crippen LogP contribution in [0.4, 0.5) is 88.9 Å². The average molecular weight is 1410 g/mol. The zero-order valence-electron chi connectivity index (χ0n) is 46.0. The van der Waals surface area contributed by atoms with Crippen LogP contribution < -0.4 is 17.2 Å². The molecule has 94 heavy (non-hydrogen) atoms. The summed E-state index contributed by atoms with van der Waals surface area (Å²) < 4.78 is 327. The Labute approximate surface area is 518 Å². The van der Waals surface area contributed by atoms with Gasteiger partial charge in [0.2, 0.25) is 0 Å². The molecule has 0 bridgehead atoms. The fourth-order valence-electron chi connectivity index (χ4n) is 9.26. The van der Waals surface area contributed by atoms with Crippen LogP contribution in [0.3, 0.4) is 0 Å². The average Bonchev–Trinajstić information content (AvgIpc) is 0.748. The molecule has 2 aromatic heterocycles. The molecule has 2 N–H and O–H groups in total. The third kappa shape index (κ3) is 14.4. The molecule has 20 nitrogen and oxygen atoms in total. The quantitative estimate of drug-likeness (QED) is 0.0529. The third-order valence-electron chi connectivity index (χ3n) is 13.3. The molecule has 0 radical (unpaired) electrons. The molecule has 0 saturated carbocycles. The largest absolute Gasteiger partial charge is 0.480 e. The minimum atomic E-state index is -6.06. The third-order valence-corrected chi connectivity index (χ3v) is 20.3. The van der Waals surface area contributed by atoms with E-state index in [1.54, 1.807) is 0 Å². The van der Waals surface area contributed by atoms with E-state index < -0.39 is 217 Å². The van der Waals surface area contributed by atoms with Crippen LogP contribution >= 0.6 is 0 Å². The summed E-state index contributed by atoms with van der Waals surface area (Å²) in [6.07, 6.45) is -26.7. The van der Waals surface area contributed by atoms with Gasteiger partial charge in [0, 0.05) is 32.7 Å². The molecular formula is C55H34F15N7O13S4. The first kappa shape index (κ1) is 70.1. The molecule has 2 heterocycles. The van der Waals surface area contributed by atoms with Crippen molar-refractivity contribution in [1.82, 2.24) is 9.97 Å². The molecule has 0 spiro atoms. The first-order valence-electron chi connectivity index (χ1n) is 25.4. The van der Waals surface area contributed by atoms with Crippen LogP contribution in [-0.2, 0) is 62.0 Å². The van der Waals surface area contributed by atoms with E-state index in [4.69, 9.17) is 0 Å². The summed E-state index contributed by atoms with van der Waals surface area (Å²) in [7, 11) is -22.8. The van der Waals surface area contributed by atoms with Crippen molar-refractivity contribution in [2.24, 2.45) is 0 Å². The Morgan fingerprint density at radius 3 is 1.19 bits per heavy atom. The van der Waals surface area contributed by atoms with Crippen molar-refractivity contribution >= 4 is 102 Å². The zero-order chi connectivity index (χ0) is 69.9. The summed E-state index contributed by atoms with van der Waals surface area (Å²) in [6, 6.07) is 13.4. The van der Waals surface area contributed by atoms with Crippen LogP contribution in [0.2, 0.25) is 0 Å². The van der Waals surface area contributed by atoms with E-state index in [1.807, 2.05) is 0 Å². The number of hydrogen-bond donors (Lipinski definition) is 2. The predicted octanol–water partition coefficient (Wildman–Crippen LogP) is 11.2. The number of carbonyl (C=O) groups excluding carboxylic acids is 1. The number of carboxylic acid groups (broad SMARTS) is 2. The maximum Gasteiger partial charge on any atom is 0.454 e. The number of rotatable bonds is 20. The topological polar surface area (TPSA) is 291 Å². The van der Waals surface area contributed by atoms with Gasteiger partial charge in [-0.25, -0.2) is 52.2 Å². The lowest BCUT2D eigenvalue weighted by Crippen LogP contribution is -2.40. The minimum absolute atomic E-state index is 0.00301. The number of benzene rings is 6. The van der Waals surface area contributed by atoms with Gasteiger partial charge in [0.1, 0.15) is 26.2 Å². The molecule has 8 rings (SSSR count). The highest BCUT2D eigenvalue weighted by atomic mass is 32.2. The maximum absolute atomic E-state index is 15.2. The van der Waals surface area contributed by atoms with E-state index in [1.165, 1.54) is 6.07 Å². The molecule has 0 amide bonds. The molecule has 0 aliphatic rings. The van der Waals surface area contributed by atoms with Gasteiger partial charge in [-0.05, 0) is 90.5 Å². The van der Waals surface area contributed by atoms with E-state index >= 15 is 13.2 Å². The Morgan fingerprint density at radius 1 is 0.447 bits per heavy atom. The maximum atomic E-state index is 15.2. The molecule has 0 aliphatic carbocycles. The number of nitrogens with zero attached hydrogens (tertiary/aromatic N) is 7. The van der Waals surface area contributed by atoms with E-state index in [0.717, 1.165) is 48.5 Å². The fourth-order valence-corrected chi connectivity index (χ4v) is 15.0. The summed E-state index contributed by atoms with van der Waals surface area (Å²) in [5.74, 6) is -8.53.